The molecule has 2 atom stereocenters. The molecular formula is C10H12F3N3. The highest BCUT2D eigenvalue weighted by Crippen LogP contribution is 2.55. The van der Waals surface area contributed by atoms with E-state index < -0.39 is 12.7 Å². The van der Waals surface area contributed by atoms with E-state index >= 15 is 0 Å². The Labute approximate surface area is 90.6 Å². The summed E-state index contributed by atoms with van der Waals surface area (Å²) in [4.78, 5) is 0. The predicted molar refractivity (Wildman–Crippen MR) is 50.9 cm³/mol. The van der Waals surface area contributed by atoms with Crippen LogP contribution in [0.25, 0.3) is 0 Å². The Bertz CT molecular complexity index is 412. The van der Waals surface area contributed by atoms with Gasteiger partial charge in [-0.1, -0.05) is 0 Å². The summed E-state index contributed by atoms with van der Waals surface area (Å²) in [6.45, 7) is 0.813. The predicted octanol–water partition coefficient (Wildman–Crippen LogP) is 1.31. The van der Waals surface area contributed by atoms with Crippen molar-refractivity contribution in [1.82, 2.24) is 15.1 Å². The number of hydrogen-bond donors (Lipinski definition) is 1. The van der Waals surface area contributed by atoms with Gasteiger partial charge in [0.25, 0.3) is 0 Å². The maximum absolute atomic E-state index is 12.2. The molecule has 2 unspecified atom stereocenters. The molecule has 1 saturated carbocycles. The Morgan fingerprint density at radius 1 is 1.56 bits per heavy atom. The summed E-state index contributed by atoms with van der Waals surface area (Å²) in [5, 5.41) is 7.29. The van der Waals surface area contributed by atoms with Crippen LogP contribution in [-0.4, -0.2) is 29.0 Å². The number of halogens is 3. The largest absolute Gasteiger partial charge is 0.408 e. The molecule has 2 heterocycles. The van der Waals surface area contributed by atoms with E-state index in [4.69, 9.17) is 0 Å². The van der Waals surface area contributed by atoms with E-state index in [1.54, 1.807) is 6.07 Å². The number of nitrogens with zero attached hydrogens (tertiary/aromatic N) is 2. The number of rotatable bonds is 2. The van der Waals surface area contributed by atoms with Crippen LogP contribution in [0.4, 0.5) is 13.2 Å². The second kappa shape index (κ2) is 3.00. The molecule has 16 heavy (non-hydrogen) atoms. The average molecular weight is 231 g/mol. The summed E-state index contributed by atoms with van der Waals surface area (Å²) in [6.07, 6.45) is -1.72. The first-order chi connectivity index (χ1) is 7.50. The van der Waals surface area contributed by atoms with Gasteiger partial charge in [0.05, 0.1) is 5.69 Å². The lowest BCUT2D eigenvalue weighted by molar-refractivity contribution is -0.142. The third kappa shape index (κ3) is 1.52. The molecule has 3 rings (SSSR count). The summed E-state index contributed by atoms with van der Waals surface area (Å²) in [5.74, 6) is 0.571. The molecule has 1 saturated heterocycles. The van der Waals surface area contributed by atoms with Crippen molar-refractivity contribution in [2.24, 2.45) is 5.92 Å². The Morgan fingerprint density at radius 3 is 2.94 bits per heavy atom. The molecule has 1 N–H and O–H groups in total. The van der Waals surface area contributed by atoms with Crippen molar-refractivity contribution < 1.29 is 13.2 Å². The van der Waals surface area contributed by atoms with Crippen LogP contribution in [0, 0.1) is 5.92 Å². The second-order valence-electron chi connectivity index (χ2n) is 4.70. The van der Waals surface area contributed by atoms with Gasteiger partial charge in [0.15, 0.2) is 0 Å². The van der Waals surface area contributed by atoms with Crippen molar-refractivity contribution in [1.29, 1.82) is 0 Å². The molecule has 1 aliphatic heterocycles. The molecular weight excluding hydrogens is 219 g/mol. The molecule has 1 aromatic rings. The van der Waals surface area contributed by atoms with E-state index in [9.17, 15) is 13.2 Å². The highest BCUT2D eigenvalue weighted by atomic mass is 19.4. The minimum atomic E-state index is -4.20. The summed E-state index contributed by atoms with van der Waals surface area (Å²) >= 11 is 0. The molecule has 1 aromatic heterocycles. The zero-order valence-electron chi connectivity index (χ0n) is 8.59. The Kier molecular flexibility index (Phi) is 1.90. The standard InChI is InChI=1S/C10H12F3N3/c11-10(12,13)6-16-2-1-8(15-16)9-3-7(9)4-14-5-9/h1-2,7,14H,3-6H2. The van der Waals surface area contributed by atoms with Crippen LogP contribution in [0.1, 0.15) is 12.1 Å². The van der Waals surface area contributed by atoms with Gasteiger partial charge in [0, 0.05) is 18.2 Å². The Balaban J connectivity index is 1.79. The third-order valence-corrected chi connectivity index (χ3v) is 3.56. The second-order valence-corrected chi connectivity index (χ2v) is 4.70. The zero-order chi connectivity index (χ0) is 11.4. The third-order valence-electron chi connectivity index (χ3n) is 3.56. The lowest BCUT2D eigenvalue weighted by Gasteiger charge is -2.08. The Morgan fingerprint density at radius 2 is 2.38 bits per heavy atom. The van der Waals surface area contributed by atoms with Crippen LogP contribution >= 0.6 is 0 Å². The highest BCUT2D eigenvalue weighted by molar-refractivity contribution is 5.31. The molecule has 3 nitrogen and oxygen atoms in total. The van der Waals surface area contributed by atoms with Crippen molar-refractivity contribution in [2.75, 3.05) is 13.1 Å². The van der Waals surface area contributed by atoms with Gasteiger partial charge in [-0.2, -0.15) is 18.3 Å². The average Bonchev–Trinajstić information content (AvgIpc) is 2.61. The lowest BCUT2D eigenvalue weighted by Crippen LogP contribution is -2.21. The van der Waals surface area contributed by atoms with E-state index in [1.807, 2.05) is 0 Å². The fourth-order valence-electron chi connectivity index (χ4n) is 2.64. The number of alkyl halides is 3. The van der Waals surface area contributed by atoms with Gasteiger partial charge in [0.2, 0.25) is 0 Å². The number of hydrogen-bond acceptors (Lipinski definition) is 2. The van der Waals surface area contributed by atoms with Crippen LogP contribution in [0.3, 0.4) is 0 Å². The van der Waals surface area contributed by atoms with Crippen LogP contribution in [-0.2, 0) is 12.0 Å². The van der Waals surface area contributed by atoms with Crippen molar-refractivity contribution in [2.45, 2.75) is 24.6 Å². The van der Waals surface area contributed by atoms with Gasteiger partial charge in [-0.25, -0.2) is 0 Å². The maximum Gasteiger partial charge on any atom is 0.408 e. The minimum absolute atomic E-state index is 0.0385. The number of piperidine rings is 1. The molecule has 6 heteroatoms. The van der Waals surface area contributed by atoms with Crippen LogP contribution in [0.5, 0.6) is 0 Å². The Hall–Kier alpha value is -1.04. The first-order valence-corrected chi connectivity index (χ1v) is 5.31. The summed E-state index contributed by atoms with van der Waals surface area (Å²) in [7, 11) is 0. The van der Waals surface area contributed by atoms with Gasteiger partial charge >= 0.3 is 6.18 Å². The molecule has 0 bridgehead atoms. The quantitative estimate of drug-likeness (QED) is 0.831. The van der Waals surface area contributed by atoms with E-state index in [0.717, 1.165) is 29.9 Å². The fraction of sp³-hybridized carbons (Fsp3) is 0.700. The van der Waals surface area contributed by atoms with Crippen LogP contribution < -0.4 is 5.32 Å². The van der Waals surface area contributed by atoms with Crippen molar-refractivity contribution >= 4 is 0 Å². The summed E-state index contributed by atoms with van der Waals surface area (Å²) < 4.78 is 37.5. The van der Waals surface area contributed by atoms with Gasteiger partial charge in [0.1, 0.15) is 6.54 Å². The molecule has 1 aliphatic carbocycles. The van der Waals surface area contributed by atoms with E-state index in [-0.39, 0.29) is 5.41 Å². The highest BCUT2D eigenvalue weighted by Gasteiger charge is 2.59. The molecule has 0 aromatic carbocycles. The topological polar surface area (TPSA) is 29.9 Å². The van der Waals surface area contributed by atoms with Crippen LogP contribution in [0.2, 0.25) is 0 Å². The smallest absolute Gasteiger partial charge is 0.315 e. The molecule has 2 fully saturated rings. The van der Waals surface area contributed by atoms with Crippen molar-refractivity contribution in [3.8, 4) is 0 Å². The van der Waals surface area contributed by atoms with E-state index in [0.29, 0.717) is 5.92 Å². The lowest BCUT2D eigenvalue weighted by atomic mass is 10.0. The molecule has 0 amide bonds. The van der Waals surface area contributed by atoms with E-state index in [1.165, 1.54) is 6.20 Å². The van der Waals surface area contributed by atoms with Gasteiger partial charge in [-0.3, -0.25) is 4.68 Å². The first kappa shape index (κ1) is 10.1. The first-order valence-electron chi connectivity index (χ1n) is 5.31. The number of aromatic nitrogens is 2. The van der Waals surface area contributed by atoms with E-state index in [2.05, 4.69) is 10.4 Å². The summed E-state index contributed by atoms with van der Waals surface area (Å²) in [5.41, 5.74) is 0.850. The molecule has 0 spiro atoms. The summed E-state index contributed by atoms with van der Waals surface area (Å²) in [6, 6.07) is 1.72. The van der Waals surface area contributed by atoms with Crippen LogP contribution in [0.15, 0.2) is 12.3 Å². The van der Waals surface area contributed by atoms with Gasteiger partial charge in [-0.15, -0.1) is 0 Å². The monoisotopic (exact) mass is 231 g/mol. The number of fused-ring (bicyclic) bond motifs is 1. The SMILES string of the molecule is FC(F)(F)Cn1ccc(C23CNCC2C3)n1. The fourth-order valence-corrected chi connectivity index (χ4v) is 2.64. The van der Waals surface area contributed by atoms with Crippen molar-refractivity contribution in [3.05, 3.63) is 18.0 Å². The normalized spacial score (nSPS) is 32.8. The molecule has 0 radical (unpaired) electrons. The van der Waals surface area contributed by atoms with Gasteiger partial charge in [-0.05, 0) is 24.9 Å². The number of nitrogens with one attached hydrogen (secondary N) is 1. The molecule has 2 aliphatic rings. The minimum Gasteiger partial charge on any atom is -0.315 e. The van der Waals surface area contributed by atoms with Gasteiger partial charge < -0.3 is 5.32 Å². The zero-order valence-corrected chi connectivity index (χ0v) is 8.59. The van der Waals surface area contributed by atoms with Crippen molar-refractivity contribution in [3.63, 3.8) is 0 Å². The molecule has 88 valence electrons. The maximum atomic E-state index is 12.2.